The Labute approximate surface area is 139 Å². The van der Waals surface area contributed by atoms with Crippen LogP contribution in [0.15, 0.2) is 29.2 Å². The van der Waals surface area contributed by atoms with Crippen LogP contribution in [0.5, 0.6) is 0 Å². The summed E-state index contributed by atoms with van der Waals surface area (Å²) < 4.78 is 25.3. The number of hydrogen-bond donors (Lipinski definition) is 2. The fourth-order valence-electron chi connectivity index (χ4n) is 2.71. The van der Waals surface area contributed by atoms with E-state index in [2.05, 4.69) is 16.7 Å². The van der Waals surface area contributed by atoms with Crippen molar-refractivity contribution in [3.63, 3.8) is 0 Å². The largest absolute Gasteiger partial charge is 0.336 e. The average Bonchev–Trinajstić information content (AvgIpc) is 3.11. The first-order valence-electron chi connectivity index (χ1n) is 7.33. The zero-order chi connectivity index (χ0) is 16.7. The highest BCUT2D eigenvalue weighted by Gasteiger charge is 2.47. The van der Waals surface area contributed by atoms with Crippen LogP contribution >= 0.6 is 11.6 Å². The number of hydrogen-bond acceptors (Lipinski definition) is 5. The summed E-state index contributed by atoms with van der Waals surface area (Å²) in [6, 6.07) is 7.77. The third-order valence-corrected chi connectivity index (χ3v) is 6.96. The Morgan fingerprint density at radius 1 is 1.39 bits per heavy atom. The lowest BCUT2D eigenvalue weighted by Gasteiger charge is -2.15. The van der Waals surface area contributed by atoms with Crippen molar-refractivity contribution in [1.29, 1.82) is 5.26 Å². The van der Waals surface area contributed by atoms with Gasteiger partial charge in [-0.25, -0.2) is 8.42 Å². The van der Waals surface area contributed by atoms with Gasteiger partial charge in [0.15, 0.2) is 9.84 Å². The van der Waals surface area contributed by atoms with Crippen LogP contribution in [0.25, 0.3) is 0 Å². The summed E-state index contributed by atoms with van der Waals surface area (Å²) in [6.07, 6.45) is 1.45. The van der Waals surface area contributed by atoms with Crippen LogP contribution in [0, 0.1) is 11.3 Å². The maximum absolute atomic E-state index is 12.7. The fourth-order valence-corrected chi connectivity index (χ4v) is 4.89. The highest BCUT2D eigenvalue weighted by atomic mass is 35.5. The smallest absolute Gasteiger partial charge is 0.238 e. The first kappa shape index (κ1) is 16.2. The van der Waals surface area contributed by atoms with Gasteiger partial charge in [-0.2, -0.15) is 5.26 Å². The molecule has 23 heavy (non-hydrogen) atoms. The number of nitrogens with one attached hydrogen (secondary N) is 2. The zero-order valence-corrected chi connectivity index (χ0v) is 13.8. The number of rotatable bonds is 4. The molecule has 3 rings (SSSR count). The third kappa shape index (κ3) is 3.07. The lowest BCUT2D eigenvalue weighted by molar-refractivity contribution is -0.123. The SMILES string of the molecule is N#CC1(NC(=O)C2CC(S(=O)(=O)c3ccccc3Cl)CN2)CC1. The second-order valence-electron chi connectivity index (χ2n) is 5.98. The number of carbonyl (C=O) groups excluding carboxylic acids is 1. The fraction of sp³-hybridized carbons (Fsp3) is 0.467. The van der Waals surface area contributed by atoms with Gasteiger partial charge in [-0.3, -0.25) is 4.79 Å². The van der Waals surface area contributed by atoms with Crippen LogP contribution in [0.1, 0.15) is 19.3 Å². The second-order valence-corrected chi connectivity index (χ2v) is 8.58. The van der Waals surface area contributed by atoms with E-state index in [9.17, 15) is 13.2 Å². The minimum atomic E-state index is -3.61. The van der Waals surface area contributed by atoms with Crippen molar-refractivity contribution in [2.45, 2.75) is 41.0 Å². The Morgan fingerprint density at radius 3 is 2.70 bits per heavy atom. The molecule has 0 spiro atoms. The van der Waals surface area contributed by atoms with Crippen molar-refractivity contribution in [2.24, 2.45) is 0 Å². The summed E-state index contributed by atoms with van der Waals surface area (Å²) in [4.78, 5) is 12.3. The standard InChI is InChI=1S/C15H16ClN3O3S/c16-11-3-1-2-4-13(11)23(21,22)10-7-12(18-8-10)14(20)19-15(9-17)5-6-15/h1-4,10,12,18H,5-8H2,(H,19,20). The van der Waals surface area contributed by atoms with Gasteiger partial charge in [-0.15, -0.1) is 0 Å². The Morgan fingerprint density at radius 2 is 2.09 bits per heavy atom. The maximum Gasteiger partial charge on any atom is 0.238 e. The van der Waals surface area contributed by atoms with Crippen molar-refractivity contribution < 1.29 is 13.2 Å². The predicted molar refractivity (Wildman–Crippen MR) is 84.6 cm³/mol. The lowest BCUT2D eigenvalue weighted by atomic mass is 10.2. The van der Waals surface area contributed by atoms with E-state index < -0.39 is 26.7 Å². The van der Waals surface area contributed by atoms with Crippen LogP contribution in [-0.2, 0) is 14.6 Å². The predicted octanol–water partition coefficient (Wildman–Crippen LogP) is 1.02. The van der Waals surface area contributed by atoms with Gasteiger partial charge in [0, 0.05) is 6.54 Å². The molecule has 0 aromatic heterocycles. The number of nitrogens with zero attached hydrogens (tertiary/aromatic N) is 1. The van der Waals surface area contributed by atoms with Crippen molar-refractivity contribution >= 4 is 27.3 Å². The Hall–Kier alpha value is -1.62. The van der Waals surface area contributed by atoms with Gasteiger partial charge in [-0.05, 0) is 31.4 Å². The van der Waals surface area contributed by atoms with E-state index in [0.717, 1.165) is 0 Å². The van der Waals surface area contributed by atoms with Gasteiger partial charge < -0.3 is 10.6 Å². The highest BCUT2D eigenvalue weighted by molar-refractivity contribution is 7.92. The van der Waals surface area contributed by atoms with Crippen LogP contribution in [-0.4, -0.2) is 37.7 Å². The summed E-state index contributed by atoms with van der Waals surface area (Å²) in [5.74, 6) is -0.319. The van der Waals surface area contributed by atoms with E-state index in [1.165, 1.54) is 12.1 Å². The molecular formula is C15H16ClN3O3S. The number of halogens is 1. The number of benzene rings is 1. The third-order valence-electron chi connectivity index (χ3n) is 4.32. The van der Waals surface area contributed by atoms with E-state index in [4.69, 9.17) is 16.9 Å². The van der Waals surface area contributed by atoms with Gasteiger partial charge in [0.2, 0.25) is 5.91 Å². The van der Waals surface area contributed by atoms with Crippen molar-refractivity contribution in [1.82, 2.24) is 10.6 Å². The molecule has 1 saturated heterocycles. The van der Waals surface area contributed by atoms with Gasteiger partial charge in [-0.1, -0.05) is 23.7 Å². The van der Waals surface area contributed by atoms with Crippen LogP contribution in [0.4, 0.5) is 0 Å². The zero-order valence-electron chi connectivity index (χ0n) is 12.3. The van der Waals surface area contributed by atoms with Crippen LogP contribution < -0.4 is 10.6 Å². The Balaban J connectivity index is 1.71. The summed E-state index contributed by atoms with van der Waals surface area (Å²) in [6.45, 7) is 0.186. The van der Waals surface area contributed by atoms with Crippen LogP contribution in [0.2, 0.25) is 5.02 Å². The second kappa shape index (κ2) is 5.78. The lowest BCUT2D eigenvalue weighted by Crippen LogP contribution is -2.45. The first-order valence-corrected chi connectivity index (χ1v) is 9.25. The topological polar surface area (TPSA) is 99.1 Å². The van der Waals surface area contributed by atoms with Crippen molar-refractivity contribution in [3.8, 4) is 6.07 Å². The number of amides is 1. The molecule has 1 aliphatic carbocycles. The molecule has 1 heterocycles. The van der Waals surface area contributed by atoms with E-state index in [1.54, 1.807) is 12.1 Å². The summed E-state index contributed by atoms with van der Waals surface area (Å²) >= 11 is 5.99. The molecule has 1 amide bonds. The highest BCUT2D eigenvalue weighted by Crippen LogP contribution is 2.35. The molecule has 122 valence electrons. The van der Waals surface area contributed by atoms with Gasteiger partial charge in [0.05, 0.1) is 27.3 Å². The van der Waals surface area contributed by atoms with Gasteiger partial charge in [0.1, 0.15) is 5.54 Å². The molecular weight excluding hydrogens is 338 g/mol. The molecule has 1 aromatic rings. The van der Waals surface area contributed by atoms with E-state index in [0.29, 0.717) is 12.8 Å². The normalized spacial score (nSPS) is 25.6. The minimum absolute atomic E-state index is 0.0882. The van der Waals surface area contributed by atoms with E-state index in [-0.39, 0.29) is 28.8 Å². The van der Waals surface area contributed by atoms with E-state index >= 15 is 0 Å². The quantitative estimate of drug-likeness (QED) is 0.841. The molecule has 1 aromatic carbocycles. The van der Waals surface area contributed by atoms with E-state index in [1.807, 2.05) is 0 Å². The molecule has 2 aliphatic rings. The molecule has 2 atom stereocenters. The van der Waals surface area contributed by atoms with Crippen LogP contribution in [0.3, 0.4) is 0 Å². The first-order chi connectivity index (χ1) is 10.9. The Bertz CT molecular complexity index is 783. The number of sulfone groups is 1. The number of nitriles is 1. The molecule has 2 N–H and O–H groups in total. The monoisotopic (exact) mass is 353 g/mol. The minimum Gasteiger partial charge on any atom is -0.336 e. The average molecular weight is 354 g/mol. The maximum atomic E-state index is 12.7. The van der Waals surface area contributed by atoms with Gasteiger partial charge in [0.25, 0.3) is 0 Å². The summed E-state index contributed by atoms with van der Waals surface area (Å²) in [7, 11) is -3.61. The molecule has 8 heteroatoms. The Kier molecular flexibility index (Phi) is 4.08. The molecule has 0 bridgehead atoms. The molecule has 0 radical (unpaired) electrons. The molecule has 2 unspecified atom stereocenters. The summed E-state index contributed by atoms with van der Waals surface area (Å²) in [5, 5.41) is 14.1. The summed E-state index contributed by atoms with van der Waals surface area (Å²) in [5.41, 5.74) is -0.752. The number of carbonyl (C=O) groups is 1. The van der Waals surface area contributed by atoms with Gasteiger partial charge >= 0.3 is 0 Å². The van der Waals surface area contributed by atoms with Crippen molar-refractivity contribution in [3.05, 3.63) is 29.3 Å². The van der Waals surface area contributed by atoms with Crippen molar-refractivity contribution in [2.75, 3.05) is 6.54 Å². The molecule has 6 nitrogen and oxygen atoms in total. The molecule has 1 aliphatic heterocycles. The molecule has 1 saturated carbocycles. The molecule has 2 fully saturated rings.